The number of hydrogen-bond acceptors (Lipinski definition) is 3. The quantitative estimate of drug-likeness (QED) is 0.692. The first-order valence-electron chi connectivity index (χ1n) is 4.96. The maximum atomic E-state index is 11.3. The highest BCUT2D eigenvalue weighted by Gasteiger charge is 2.04. The highest BCUT2D eigenvalue weighted by molar-refractivity contribution is 5.88. The fourth-order valence-corrected chi connectivity index (χ4v) is 1.37. The second-order valence-corrected chi connectivity index (χ2v) is 3.61. The largest absolute Gasteiger partial charge is 0.479 e. The molecular weight excluding hydrogens is 224 g/mol. The lowest BCUT2D eigenvalue weighted by atomic mass is 10.1. The maximum Gasteiger partial charge on any atom is 0.343 e. The number of amides is 2. The molecule has 0 aliphatic heterocycles. The number of hydroxylamine groups is 1. The Bertz CT molecular complexity index is 411. The lowest BCUT2D eigenvalue weighted by Gasteiger charge is -2.08. The van der Waals surface area contributed by atoms with Crippen molar-refractivity contribution in [2.24, 2.45) is 0 Å². The van der Waals surface area contributed by atoms with Crippen molar-refractivity contribution in [2.75, 3.05) is 11.9 Å². The summed E-state index contributed by atoms with van der Waals surface area (Å²) in [6.45, 7) is 3.24. The van der Waals surface area contributed by atoms with Crippen molar-refractivity contribution < 1.29 is 19.5 Å². The van der Waals surface area contributed by atoms with Gasteiger partial charge in [-0.05, 0) is 37.1 Å². The minimum absolute atomic E-state index is 0.583. The number of aliphatic carboxylic acids is 1. The van der Waals surface area contributed by atoms with Crippen LogP contribution in [0.25, 0.3) is 0 Å². The summed E-state index contributed by atoms with van der Waals surface area (Å²) in [5.41, 5.74) is 4.63. The number of carboxylic acids is 1. The van der Waals surface area contributed by atoms with E-state index in [9.17, 15) is 9.59 Å². The zero-order chi connectivity index (χ0) is 12.8. The monoisotopic (exact) mass is 238 g/mol. The molecule has 0 atom stereocenters. The van der Waals surface area contributed by atoms with Crippen LogP contribution in [0.5, 0.6) is 0 Å². The Labute approximate surface area is 98.5 Å². The van der Waals surface area contributed by atoms with Gasteiger partial charge in [0.15, 0.2) is 6.61 Å². The fourth-order valence-electron chi connectivity index (χ4n) is 1.37. The highest BCUT2D eigenvalue weighted by atomic mass is 16.7. The van der Waals surface area contributed by atoms with Crippen LogP contribution in [0.4, 0.5) is 10.5 Å². The predicted molar refractivity (Wildman–Crippen MR) is 61.7 cm³/mol. The molecule has 0 aliphatic carbocycles. The first-order valence-corrected chi connectivity index (χ1v) is 4.96. The van der Waals surface area contributed by atoms with Gasteiger partial charge in [-0.25, -0.2) is 15.1 Å². The number of carboxylic acid groups (broad SMARTS) is 1. The second-order valence-electron chi connectivity index (χ2n) is 3.61. The Morgan fingerprint density at radius 2 is 1.82 bits per heavy atom. The Hall–Kier alpha value is -2.08. The molecule has 1 aromatic rings. The smallest absolute Gasteiger partial charge is 0.343 e. The van der Waals surface area contributed by atoms with Crippen LogP contribution in [0.2, 0.25) is 0 Å². The Kier molecular flexibility index (Phi) is 4.47. The molecule has 6 nitrogen and oxygen atoms in total. The number of carbonyl (C=O) groups is 2. The minimum Gasteiger partial charge on any atom is -0.479 e. The van der Waals surface area contributed by atoms with Crippen molar-refractivity contribution in [1.82, 2.24) is 5.48 Å². The van der Waals surface area contributed by atoms with E-state index in [4.69, 9.17) is 5.11 Å². The molecule has 0 heterocycles. The fraction of sp³-hybridized carbons (Fsp3) is 0.273. The molecule has 1 rings (SSSR count). The van der Waals surface area contributed by atoms with Gasteiger partial charge in [-0.1, -0.05) is 6.07 Å². The minimum atomic E-state index is -1.16. The summed E-state index contributed by atoms with van der Waals surface area (Å²) in [5.74, 6) is -1.16. The number of urea groups is 1. The first kappa shape index (κ1) is 13.0. The van der Waals surface area contributed by atoms with Gasteiger partial charge >= 0.3 is 12.0 Å². The number of anilines is 1. The van der Waals surface area contributed by atoms with E-state index in [-0.39, 0.29) is 0 Å². The normalized spacial score (nSPS) is 9.76. The highest BCUT2D eigenvalue weighted by Crippen LogP contribution is 2.13. The molecule has 0 fully saturated rings. The average molecular weight is 238 g/mol. The zero-order valence-electron chi connectivity index (χ0n) is 9.61. The predicted octanol–water partition coefficient (Wildman–Crippen LogP) is 1.44. The molecule has 0 radical (unpaired) electrons. The number of rotatable bonds is 4. The van der Waals surface area contributed by atoms with E-state index < -0.39 is 18.6 Å². The summed E-state index contributed by atoms with van der Waals surface area (Å²) in [6.07, 6.45) is 0. The summed E-state index contributed by atoms with van der Waals surface area (Å²) in [5, 5.41) is 10.8. The van der Waals surface area contributed by atoms with E-state index >= 15 is 0 Å². The maximum absolute atomic E-state index is 11.3. The molecule has 0 aromatic heterocycles. The third-order valence-corrected chi connectivity index (χ3v) is 1.84. The van der Waals surface area contributed by atoms with E-state index in [1.807, 2.05) is 25.4 Å². The summed E-state index contributed by atoms with van der Waals surface area (Å²) < 4.78 is 0. The second kappa shape index (κ2) is 5.86. The molecule has 0 aliphatic rings. The van der Waals surface area contributed by atoms with Crippen LogP contribution in [0.1, 0.15) is 11.1 Å². The standard InChI is InChI=1S/C11H14N2O4/c1-7-3-8(2)5-9(4-7)12-11(16)13-17-6-10(14)15/h3-5H,6H2,1-2H3,(H,14,15)(H2,12,13,16). The lowest BCUT2D eigenvalue weighted by molar-refractivity contribution is -0.143. The number of nitrogens with one attached hydrogen (secondary N) is 2. The molecular formula is C11H14N2O4. The van der Waals surface area contributed by atoms with Gasteiger partial charge in [0.05, 0.1) is 0 Å². The van der Waals surface area contributed by atoms with Crippen molar-refractivity contribution in [3.05, 3.63) is 29.3 Å². The van der Waals surface area contributed by atoms with Gasteiger partial charge in [0, 0.05) is 5.69 Å². The van der Waals surface area contributed by atoms with Gasteiger partial charge in [0.2, 0.25) is 0 Å². The third kappa shape index (κ3) is 4.98. The molecule has 3 N–H and O–H groups in total. The molecule has 0 spiro atoms. The van der Waals surface area contributed by atoms with Gasteiger partial charge in [0.1, 0.15) is 0 Å². The Balaban J connectivity index is 2.47. The Morgan fingerprint density at radius 1 is 1.24 bits per heavy atom. The van der Waals surface area contributed by atoms with Gasteiger partial charge in [-0.3, -0.25) is 4.84 Å². The van der Waals surface area contributed by atoms with Crippen molar-refractivity contribution >= 4 is 17.7 Å². The summed E-state index contributed by atoms with van der Waals surface area (Å²) in [4.78, 5) is 25.8. The number of carbonyl (C=O) groups excluding carboxylic acids is 1. The van der Waals surface area contributed by atoms with Crippen LogP contribution in [0.15, 0.2) is 18.2 Å². The molecule has 2 amide bonds. The van der Waals surface area contributed by atoms with Gasteiger partial charge < -0.3 is 10.4 Å². The number of benzene rings is 1. The van der Waals surface area contributed by atoms with Gasteiger partial charge in [-0.2, -0.15) is 0 Å². The van der Waals surface area contributed by atoms with Crippen LogP contribution in [-0.4, -0.2) is 23.7 Å². The Morgan fingerprint density at radius 3 is 2.35 bits per heavy atom. The molecule has 92 valence electrons. The topological polar surface area (TPSA) is 87.7 Å². The van der Waals surface area contributed by atoms with Crippen LogP contribution in [0, 0.1) is 13.8 Å². The van der Waals surface area contributed by atoms with E-state index in [0.29, 0.717) is 5.69 Å². The molecule has 6 heteroatoms. The van der Waals surface area contributed by atoms with E-state index in [2.05, 4.69) is 10.2 Å². The number of aryl methyl sites for hydroxylation is 2. The van der Waals surface area contributed by atoms with E-state index in [1.54, 1.807) is 12.1 Å². The van der Waals surface area contributed by atoms with Gasteiger partial charge in [0.25, 0.3) is 0 Å². The van der Waals surface area contributed by atoms with Crippen molar-refractivity contribution in [3.8, 4) is 0 Å². The molecule has 0 bridgehead atoms. The van der Waals surface area contributed by atoms with E-state index in [0.717, 1.165) is 11.1 Å². The molecule has 17 heavy (non-hydrogen) atoms. The zero-order valence-corrected chi connectivity index (χ0v) is 9.61. The van der Waals surface area contributed by atoms with Crippen molar-refractivity contribution in [2.45, 2.75) is 13.8 Å². The molecule has 0 saturated carbocycles. The first-order chi connectivity index (χ1) is 7.97. The summed E-state index contributed by atoms with van der Waals surface area (Å²) in [7, 11) is 0. The van der Waals surface area contributed by atoms with Crippen LogP contribution < -0.4 is 10.8 Å². The van der Waals surface area contributed by atoms with Crippen LogP contribution in [-0.2, 0) is 9.63 Å². The average Bonchev–Trinajstić information content (AvgIpc) is 2.14. The summed E-state index contributed by atoms with van der Waals surface area (Å²) in [6, 6.07) is 4.95. The number of hydrogen-bond donors (Lipinski definition) is 3. The SMILES string of the molecule is Cc1cc(C)cc(NC(=O)NOCC(=O)O)c1. The van der Waals surface area contributed by atoms with Crippen LogP contribution >= 0.6 is 0 Å². The summed E-state index contributed by atoms with van der Waals surface area (Å²) >= 11 is 0. The van der Waals surface area contributed by atoms with Crippen molar-refractivity contribution in [3.63, 3.8) is 0 Å². The van der Waals surface area contributed by atoms with Crippen molar-refractivity contribution in [1.29, 1.82) is 0 Å². The molecule has 0 saturated heterocycles. The molecule has 0 unspecified atom stereocenters. The van der Waals surface area contributed by atoms with Gasteiger partial charge in [-0.15, -0.1) is 0 Å². The van der Waals surface area contributed by atoms with Crippen LogP contribution in [0.3, 0.4) is 0 Å². The molecule has 1 aromatic carbocycles. The third-order valence-electron chi connectivity index (χ3n) is 1.84. The van der Waals surface area contributed by atoms with E-state index in [1.165, 1.54) is 0 Å². The lowest BCUT2D eigenvalue weighted by Crippen LogP contribution is -2.30.